The van der Waals surface area contributed by atoms with Crippen LogP contribution in [-0.2, 0) is 4.74 Å². The zero-order chi connectivity index (χ0) is 12.4. The molecule has 1 aromatic rings. The molecule has 0 radical (unpaired) electrons. The van der Waals surface area contributed by atoms with Crippen LogP contribution < -0.4 is 10.6 Å². The summed E-state index contributed by atoms with van der Waals surface area (Å²) >= 11 is 0. The van der Waals surface area contributed by atoms with Crippen molar-refractivity contribution in [3.05, 3.63) is 17.8 Å². The number of hydrogen-bond acceptors (Lipinski definition) is 5. The van der Waals surface area contributed by atoms with Gasteiger partial charge in [0.2, 0.25) is 0 Å². The average Bonchev–Trinajstić information content (AvgIpc) is 2.27. The van der Waals surface area contributed by atoms with E-state index < -0.39 is 0 Å². The molecule has 17 heavy (non-hydrogen) atoms. The first-order valence-electron chi connectivity index (χ1n) is 5.66. The molecule has 5 heteroatoms. The van der Waals surface area contributed by atoms with E-state index in [1.54, 1.807) is 6.07 Å². The van der Waals surface area contributed by atoms with Crippen LogP contribution in [0.1, 0.15) is 19.4 Å². The van der Waals surface area contributed by atoms with Gasteiger partial charge < -0.3 is 15.4 Å². The fourth-order valence-electron chi connectivity index (χ4n) is 2.18. The molecule has 1 aromatic heterocycles. The van der Waals surface area contributed by atoms with Crippen LogP contribution in [0.2, 0.25) is 0 Å². The van der Waals surface area contributed by atoms with Gasteiger partial charge in [0.25, 0.3) is 0 Å². The van der Waals surface area contributed by atoms with Crippen LogP contribution in [0.4, 0.5) is 11.5 Å². The van der Waals surface area contributed by atoms with E-state index in [9.17, 15) is 0 Å². The number of nitrogens with two attached hydrogens (primary N) is 1. The highest BCUT2D eigenvalue weighted by Gasteiger charge is 2.24. The lowest BCUT2D eigenvalue weighted by Crippen LogP contribution is -2.45. The first kappa shape index (κ1) is 11.7. The molecule has 0 amide bonds. The number of nitriles is 1. The number of pyridine rings is 1. The Kier molecular flexibility index (Phi) is 3.16. The number of hydrogen-bond donors (Lipinski definition) is 1. The molecule has 90 valence electrons. The zero-order valence-electron chi connectivity index (χ0n) is 10.1. The predicted molar refractivity (Wildman–Crippen MR) is 65.6 cm³/mol. The van der Waals surface area contributed by atoms with E-state index in [4.69, 9.17) is 15.7 Å². The van der Waals surface area contributed by atoms with Gasteiger partial charge in [0.15, 0.2) is 0 Å². The van der Waals surface area contributed by atoms with Gasteiger partial charge in [-0.3, -0.25) is 0 Å². The predicted octanol–water partition coefficient (Wildman–Crippen LogP) is 1.15. The molecule has 2 atom stereocenters. The van der Waals surface area contributed by atoms with E-state index in [1.165, 1.54) is 6.20 Å². The Balaban J connectivity index is 2.33. The van der Waals surface area contributed by atoms with Gasteiger partial charge in [-0.25, -0.2) is 4.98 Å². The van der Waals surface area contributed by atoms with Crippen molar-refractivity contribution in [2.75, 3.05) is 23.7 Å². The Morgan fingerprint density at radius 1 is 1.47 bits per heavy atom. The molecule has 2 unspecified atom stereocenters. The van der Waals surface area contributed by atoms with E-state index in [0.717, 1.165) is 18.8 Å². The topological polar surface area (TPSA) is 75.2 Å². The monoisotopic (exact) mass is 232 g/mol. The summed E-state index contributed by atoms with van der Waals surface area (Å²) in [7, 11) is 0. The molecule has 0 spiro atoms. The van der Waals surface area contributed by atoms with Crippen LogP contribution in [0.25, 0.3) is 0 Å². The van der Waals surface area contributed by atoms with Crippen LogP contribution in [0.3, 0.4) is 0 Å². The molecule has 0 saturated carbocycles. The number of nitrogen functional groups attached to an aromatic ring is 1. The number of ether oxygens (including phenoxy) is 1. The van der Waals surface area contributed by atoms with Crippen molar-refractivity contribution in [1.82, 2.24) is 4.98 Å². The first-order valence-corrected chi connectivity index (χ1v) is 5.66. The van der Waals surface area contributed by atoms with Crippen molar-refractivity contribution in [1.29, 1.82) is 5.26 Å². The highest BCUT2D eigenvalue weighted by atomic mass is 16.5. The van der Waals surface area contributed by atoms with Crippen molar-refractivity contribution >= 4 is 11.5 Å². The summed E-state index contributed by atoms with van der Waals surface area (Å²) in [5.74, 6) is 0.436. The summed E-state index contributed by atoms with van der Waals surface area (Å²) in [6.07, 6.45) is 1.83. The summed E-state index contributed by atoms with van der Waals surface area (Å²) in [6, 6.07) is 3.90. The maximum atomic E-state index is 9.08. The number of nitrogens with zero attached hydrogens (tertiary/aromatic N) is 3. The molecule has 5 nitrogen and oxygen atoms in total. The lowest BCUT2D eigenvalue weighted by molar-refractivity contribution is -0.00523. The Morgan fingerprint density at radius 3 is 2.71 bits per heavy atom. The maximum Gasteiger partial charge on any atom is 0.125 e. The molecule has 0 aliphatic carbocycles. The summed E-state index contributed by atoms with van der Waals surface area (Å²) < 4.78 is 5.67. The van der Waals surface area contributed by atoms with Gasteiger partial charge in [-0.2, -0.15) is 5.26 Å². The number of anilines is 2. The lowest BCUT2D eigenvalue weighted by atomic mass is 10.1. The second-order valence-corrected chi connectivity index (χ2v) is 4.40. The number of rotatable bonds is 1. The summed E-state index contributed by atoms with van der Waals surface area (Å²) in [4.78, 5) is 6.08. The third-order valence-electron chi connectivity index (χ3n) is 2.78. The molecule has 1 aliphatic rings. The average molecular weight is 232 g/mol. The third kappa shape index (κ3) is 2.48. The SMILES string of the molecule is CC1CN(c2cc(N)ncc2C#N)CC(C)O1. The molecule has 0 aromatic carbocycles. The van der Waals surface area contributed by atoms with Crippen LogP contribution in [0, 0.1) is 11.3 Å². The van der Waals surface area contributed by atoms with E-state index in [0.29, 0.717) is 11.4 Å². The molecule has 1 aliphatic heterocycles. The van der Waals surface area contributed by atoms with Crippen molar-refractivity contribution < 1.29 is 4.74 Å². The van der Waals surface area contributed by atoms with Crippen molar-refractivity contribution in [3.8, 4) is 6.07 Å². The zero-order valence-corrected chi connectivity index (χ0v) is 10.1. The second kappa shape index (κ2) is 4.60. The van der Waals surface area contributed by atoms with Gasteiger partial charge in [0.05, 0.1) is 23.5 Å². The standard InChI is InChI=1S/C12H16N4O/c1-8-6-16(7-9(2)17-8)11-3-12(14)15-5-10(11)4-13/h3,5,8-9H,6-7H2,1-2H3,(H2,14,15). The van der Waals surface area contributed by atoms with Crippen molar-refractivity contribution in [3.63, 3.8) is 0 Å². The van der Waals surface area contributed by atoms with Gasteiger partial charge >= 0.3 is 0 Å². The molecule has 1 saturated heterocycles. The molecule has 2 heterocycles. The minimum atomic E-state index is 0.152. The van der Waals surface area contributed by atoms with Crippen molar-refractivity contribution in [2.45, 2.75) is 26.1 Å². The summed E-state index contributed by atoms with van der Waals surface area (Å²) in [6.45, 7) is 5.59. The smallest absolute Gasteiger partial charge is 0.125 e. The minimum absolute atomic E-state index is 0.152. The van der Waals surface area contributed by atoms with E-state index in [1.807, 2.05) is 13.8 Å². The summed E-state index contributed by atoms with van der Waals surface area (Å²) in [5.41, 5.74) is 7.08. The molecular weight excluding hydrogens is 216 g/mol. The van der Waals surface area contributed by atoms with Gasteiger partial charge in [-0.1, -0.05) is 0 Å². The van der Waals surface area contributed by atoms with Crippen LogP contribution in [-0.4, -0.2) is 30.3 Å². The minimum Gasteiger partial charge on any atom is -0.384 e. The lowest BCUT2D eigenvalue weighted by Gasteiger charge is -2.37. The molecule has 2 N–H and O–H groups in total. The highest BCUT2D eigenvalue weighted by molar-refractivity contribution is 5.62. The van der Waals surface area contributed by atoms with Crippen LogP contribution in [0.15, 0.2) is 12.3 Å². The first-order chi connectivity index (χ1) is 8.10. The van der Waals surface area contributed by atoms with Gasteiger partial charge in [-0.05, 0) is 13.8 Å². The van der Waals surface area contributed by atoms with E-state index in [-0.39, 0.29) is 12.2 Å². The van der Waals surface area contributed by atoms with Gasteiger partial charge in [-0.15, -0.1) is 0 Å². The molecule has 2 rings (SSSR count). The Labute approximate surface area is 101 Å². The highest BCUT2D eigenvalue weighted by Crippen LogP contribution is 2.25. The maximum absolute atomic E-state index is 9.08. The normalized spacial score (nSPS) is 24.4. The second-order valence-electron chi connectivity index (χ2n) is 4.40. The quantitative estimate of drug-likeness (QED) is 0.786. The molecular formula is C12H16N4O. The summed E-state index contributed by atoms with van der Waals surface area (Å²) in [5, 5.41) is 9.08. The Morgan fingerprint density at radius 2 is 2.12 bits per heavy atom. The van der Waals surface area contributed by atoms with Crippen molar-refractivity contribution in [2.24, 2.45) is 0 Å². The Bertz CT molecular complexity index is 444. The van der Waals surface area contributed by atoms with E-state index >= 15 is 0 Å². The Hall–Kier alpha value is -1.80. The fourth-order valence-corrected chi connectivity index (χ4v) is 2.18. The van der Waals surface area contributed by atoms with Gasteiger partial charge in [0, 0.05) is 25.4 Å². The van der Waals surface area contributed by atoms with Crippen LogP contribution >= 0.6 is 0 Å². The van der Waals surface area contributed by atoms with E-state index in [2.05, 4.69) is 16.0 Å². The number of morpholine rings is 1. The van der Waals surface area contributed by atoms with Crippen LogP contribution in [0.5, 0.6) is 0 Å². The largest absolute Gasteiger partial charge is 0.384 e. The fraction of sp³-hybridized carbons (Fsp3) is 0.500. The third-order valence-corrected chi connectivity index (χ3v) is 2.78. The van der Waals surface area contributed by atoms with Gasteiger partial charge in [0.1, 0.15) is 11.9 Å². The number of aromatic nitrogens is 1. The molecule has 0 bridgehead atoms. The molecule has 1 fully saturated rings.